The molecule has 0 unspecified atom stereocenters. The standard InChI is InChI=1S/C27H33FN4O4/c1-17(2)6-7-20-12-23-25(29-13-20)36-24(18(3)14-32(26(23)34)19(4)16-33)15-31(5)27(35)30-22-10-8-21(28)9-11-22/h8-13,17-19,24,33H,14-16H2,1-5H3,(H,30,35)/t18-,19+,24+/m1/s1. The highest BCUT2D eigenvalue weighted by molar-refractivity contribution is 5.97. The number of fused-ring (bicyclic) bond motifs is 1. The number of aliphatic hydroxyl groups is 1. The van der Waals surface area contributed by atoms with E-state index in [-0.39, 0.29) is 54.2 Å². The van der Waals surface area contributed by atoms with E-state index in [1.807, 2.05) is 20.8 Å². The van der Waals surface area contributed by atoms with Crippen LogP contribution in [0.15, 0.2) is 36.5 Å². The molecule has 1 aromatic heterocycles. The predicted octanol–water partition coefficient (Wildman–Crippen LogP) is 3.61. The molecule has 3 rings (SSSR count). The molecule has 0 saturated carbocycles. The summed E-state index contributed by atoms with van der Waals surface area (Å²) in [6, 6.07) is 6.36. The minimum absolute atomic E-state index is 0.159. The third kappa shape index (κ3) is 6.73. The quantitative estimate of drug-likeness (QED) is 0.617. The number of nitrogens with zero attached hydrogens (tertiary/aromatic N) is 3. The average molecular weight is 497 g/mol. The van der Waals surface area contributed by atoms with Crippen molar-refractivity contribution in [3.63, 3.8) is 0 Å². The van der Waals surface area contributed by atoms with E-state index >= 15 is 0 Å². The van der Waals surface area contributed by atoms with E-state index in [0.717, 1.165) is 0 Å². The lowest BCUT2D eigenvalue weighted by Gasteiger charge is -2.37. The summed E-state index contributed by atoms with van der Waals surface area (Å²) >= 11 is 0. The van der Waals surface area contributed by atoms with Gasteiger partial charge < -0.3 is 25.0 Å². The minimum Gasteiger partial charge on any atom is -0.472 e. The molecule has 9 heteroatoms. The fourth-order valence-electron chi connectivity index (χ4n) is 3.72. The number of urea groups is 1. The molecule has 3 atom stereocenters. The van der Waals surface area contributed by atoms with Crippen molar-refractivity contribution in [1.82, 2.24) is 14.8 Å². The van der Waals surface area contributed by atoms with Gasteiger partial charge in [-0.05, 0) is 37.3 Å². The zero-order valence-corrected chi connectivity index (χ0v) is 21.3. The second-order valence-corrected chi connectivity index (χ2v) is 9.44. The zero-order chi connectivity index (χ0) is 26.4. The van der Waals surface area contributed by atoms with Crippen LogP contribution in [0.4, 0.5) is 14.9 Å². The fraction of sp³-hybridized carbons (Fsp3) is 0.444. The Balaban J connectivity index is 1.87. The first-order valence-electron chi connectivity index (χ1n) is 12.0. The van der Waals surface area contributed by atoms with E-state index in [1.54, 1.807) is 31.1 Å². The normalized spacial score (nSPS) is 18.2. The van der Waals surface area contributed by atoms with Gasteiger partial charge in [0, 0.05) is 42.9 Å². The van der Waals surface area contributed by atoms with Crippen molar-refractivity contribution in [2.45, 2.75) is 39.8 Å². The van der Waals surface area contributed by atoms with Crippen molar-refractivity contribution in [3.8, 4) is 17.7 Å². The zero-order valence-electron chi connectivity index (χ0n) is 21.3. The van der Waals surface area contributed by atoms with Crippen molar-refractivity contribution < 1.29 is 23.8 Å². The van der Waals surface area contributed by atoms with Gasteiger partial charge >= 0.3 is 6.03 Å². The number of carbonyl (C=O) groups excluding carboxylic acids is 2. The number of nitrogens with one attached hydrogen (secondary N) is 1. The van der Waals surface area contributed by atoms with E-state index in [4.69, 9.17) is 4.74 Å². The number of amides is 3. The average Bonchev–Trinajstić information content (AvgIpc) is 2.85. The minimum atomic E-state index is -0.491. The van der Waals surface area contributed by atoms with Crippen molar-refractivity contribution in [2.75, 3.05) is 32.1 Å². The maximum atomic E-state index is 13.4. The molecule has 2 aromatic rings. The van der Waals surface area contributed by atoms with E-state index in [9.17, 15) is 19.1 Å². The number of benzene rings is 1. The molecule has 0 radical (unpaired) electrons. The second kappa shape index (κ2) is 11.9. The van der Waals surface area contributed by atoms with Gasteiger partial charge in [-0.3, -0.25) is 4.79 Å². The smallest absolute Gasteiger partial charge is 0.321 e. The molecule has 0 bridgehead atoms. The summed E-state index contributed by atoms with van der Waals surface area (Å²) < 4.78 is 19.4. The topological polar surface area (TPSA) is 95.0 Å². The highest BCUT2D eigenvalue weighted by Crippen LogP contribution is 2.27. The fourth-order valence-corrected chi connectivity index (χ4v) is 3.72. The summed E-state index contributed by atoms with van der Waals surface area (Å²) in [5.74, 6) is 5.55. The van der Waals surface area contributed by atoms with Crippen LogP contribution in [0.2, 0.25) is 0 Å². The van der Waals surface area contributed by atoms with Crippen molar-refractivity contribution in [2.24, 2.45) is 11.8 Å². The summed E-state index contributed by atoms with van der Waals surface area (Å²) in [6.45, 7) is 7.98. The first-order chi connectivity index (χ1) is 17.1. The number of rotatable bonds is 5. The van der Waals surface area contributed by atoms with E-state index in [2.05, 4.69) is 22.1 Å². The maximum Gasteiger partial charge on any atom is 0.321 e. The van der Waals surface area contributed by atoms with Gasteiger partial charge in [0.1, 0.15) is 17.5 Å². The van der Waals surface area contributed by atoms with Crippen LogP contribution in [-0.2, 0) is 0 Å². The SMILES string of the molecule is CC(C)C#Cc1cnc2c(c1)C(=O)N([C@@H](C)CO)C[C@@H](C)[C@H](CN(C)C(=O)Nc1ccc(F)cc1)O2. The van der Waals surface area contributed by atoms with Crippen LogP contribution < -0.4 is 10.1 Å². The van der Waals surface area contributed by atoms with Crippen LogP contribution in [0, 0.1) is 29.5 Å². The molecule has 0 fully saturated rings. The number of aromatic nitrogens is 1. The second-order valence-electron chi connectivity index (χ2n) is 9.44. The van der Waals surface area contributed by atoms with Crippen LogP contribution in [0.1, 0.15) is 43.6 Å². The Kier molecular flexibility index (Phi) is 8.88. The Bertz CT molecular complexity index is 1140. The highest BCUT2D eigenvalue weighted by atomic mass is 19.1. The molecular weight excluding hydrogens is 463 g/mol. The molecule has 0 aliphatic carbocycles. The highest BCUT2D eigenvalue weighted by Gasteiger charge is 2.34. The van der Waals surface area contributed by atoms with Gasteiger partial charge in [0.2, 0.25) is 5.88 Å². The maximum absolute atomic E-state index is 13.4. The van der Waals surface area contributed by atoms with Gasteiger partial charge in [-0.25, -0.2) is 14.2 Å². The van der Waals surface area contributed by atoms with Gasteiger partial charge in [-0.15, -0.1) is 0 Å². The number of ether oxygens (including phenoxy) is 1. The number of aliphatic hydroxyl groups excluding tert-OH is 1. The number of anilines is 1. The first-order valence-corrected chi connectivity index (χ1v) is 12.0. The first kappa shape index (κ1) is 27.0. The molecule has 1 aliphatic rings. The van der Waals surface area contributed by atoms with Crippen LogP contribution in [0.5, 0.6) is 5.88 Å². The molecule has 36 heavy (non-hydrogen) atoms. The largest absolute Gasteiger partial charge is 0.472 e. The molecule has 2 heterocycles. The molecule has 1 aliphatic heterocycles. The van der Waals surface area contributed by atoms with Crippen molar-refractivity contribution in [1.29, 1.82) is 0 Å². The summed E-state index contributed by atoms with van der Waals surface area (Å²) in [6.07, 6.45) is 1.07. The van der Waals surface area contributed by atoms with Gasteiger partial charge in [0.05, 0.1) is 19.2 Å². The molecule has 3 amide bonds. The predicted molar refractivity (Wildman–Crippen MR) is 135 cm³/mol. The van der Waals surface area contributed by atoms with Gasteiger partial charge in [0.15, 0.2) is 0 Å². The monoisotopic (exact) mass is 496 g/mol. The summed E-state index contributed by atoms with van der Waals surface area (Å²) in [5, 5.41) is 12.5. The number of halogens is 1. The van der Waals surface area contributed by atoms with Crippen LogP contribution in [-0.4, -0.2) is 70.7 Å². The van der Waals surface area contributed by atoms with Gasteiger partial charge in [-0.2, -0.15) is 0 Å². The Morgan fingerprint density at radius 3 is 2.67 bits per heavy atom. The van der Waals surface area contributed by atoms with Gasteiger partial charge in [-0.1, -0.05) is 32.6 Å². The molecule has 192 valence electrons. The lowest BCUT2D eigenvalue weighted by atomic mass is 10.00. The van der Waals surface area contributed by atoms with Crippen LogP contribution in [0.3, 0.4) is 0 Å². The number of carbonyl (C=O) groups is 2. The van der Waals surface area contributed by atoms with E-state index < -0.39 is 12.1 Å². The third-order valence-electron chi connectivity index (χ3n) is 5.92. The lowest BCUT2D eigenvalue weighted by Crippen LogP contribution is -2.50. The van der Waals surface area contributed by atoms with Crippen molar-refractivity contribution >= 4 is 17.6 Å². The number of hydrogen-bond acceptors (Lipinski definition) is 5. The summed E-state index contributed by atoms with van der Waals surface area (Å²) in [7, 11) is 1.63. The lowest BCUT2D eigenvalue weighted by molar-refractivity contribution is 0.0356. The Labute approximate surface area is 211 Å². The molecule has 1 aromatic carbocycles. The molecule has 0 saturated heterocycles. The van der Waals surface area contributed by atoms with Crippen molar-refractivity contribution in [3.05, 3.63) is 53.5 Å². The van der Waals surface area contributed by atoms with Crippen LogP contribution in [0.25, 0.3) is 0 Å². The molecule has 2 N–H and O–H groups in total. The Morgan fingerprint density at radius 1 is 1.33 bits per heavy atom. The number of pyridine rings is 1. The van der Waals surface area contributed by atoms with Gasteiger partial charge in [0.25, 0.3) is 5.91 Å². The summed E-state index contributed by atoms with van der Waals surface area (Å²) in [4.78, 5) is 33.7. The molecule has 0 spiro atoms. The Hall–Kier alpha value is -3.64. The third-order valence-corrected chi connectivity index (χ3v) is 5.92. The number of likely N-dealkylation sites (N-methyl/N-ethyl adjacent to an activating group) is 1. The van der Waals surface area contributed by atoms with E-state index in [0.29, 0.717) is 17.8 Å². The number of hydrogen-bond donors (Lipinski definition) is 2. The van der Waals surface area contributed by atoms with Crippen LogP contribution >= 0.6 is 0 Å². The summed E-state index contributed by atoms with van der Waals surface area (Å²) in [5.41, 5.74) is 1.33. The molecule has 8 nitrogen and oxygen atoms in total. The molecular formula is C27H33FN4O4. The Morgan fingerprint density at radius 2 is 2.03 bits per heavy atom. The van der Waals surface area contributed by atoms with E-state index in [1.165, 1.54) is 29.2 Å².